The van der Waals surface area contributed by atoms with Crippen LogP contribution in [-0.2, 0) is 9.53 Å². The average molecular weight is 430 g/mol. The fourth-order valence-corrected chi connectivity index (χ4v) is 2.92. The van der Waals surface area contributed by atoms with Gasteiger partial charge in [-0.15, -0.1) is 24.8 Å². The zero-order chi connectivity index (χ0) is 18.7. The lowest BCUT2D eigenvalue weighted by Gasteiger charge is -2.17. The van der Waals surface area contributed by atoms with Crippen molar-refractivity contribution in [3.63, 3.8) is 0 Å². The Morgan fingerprint density at radius 3 is 2.82 bits per heavy atom. The number of nitrogens with zero attached hydrogens (tertiary/aromatic N) is 3. The molecule has 2 aromatic rings. The van der Waals surface area contributed by atoms with E-state index in [1.165, 1.54) is 10.7 Å². The van der Waals surface area contributed by atoms with E-state index in [1.54, 1.807) is 19.2 Å². The van der Waals surface area contributed by atoms with Crippen LogP contribution in [0.3, 0.4) is 0 Å². The first kappa shape index (κ1) is 23.9. The molecule has 2 aromatic heterocycles. The number of nitrogens with two attached hydrogens (primary N) is 1. The minimum atomic E-state index is -0.537. The molecule has 0 saturated carbocycles. The number of amides is 1. The van der Waals surface area contributed by atoms with Crippen LogP contribution in [-0.4, -0.2) is 33.2 Å². The van der Waals surface area contributed by atoms with Gasteiger partial charge in [0.25, 0.3) is 0 Å². The van der Waals surface area contributed by atoms with Crippen molar-refractivity contribution in [3.05, 3.63) is 35.8 Å². The van der Waals surface area contributed by atoms with Crippen molar-refractivity contribution in [2.45, 2.75) is 39.2 Å². The maximum absolute atomic E-state index is 12.5. The smallest absolute Gasteiger partial charge is 0.358 e. The van der Waals surface area contributed by atoms with Gasteiger partial charge in [-0.3, -0.25) is 9.78 Å². The number of aromatic nitrogens is 3. The van der Waals surface area contributed by atoms with Crippen molar-refractivity contribution in [2.24, 2.45) is 11.7 Å². The predicted octanol–water partition coefficient (Wildman–Crippen LogP) is 3.05. The van der Waals surface area contributed by atoms with Gasteiger partial charge in [0.15, 0.2) is 5.69 Å². The van der Waals surface area contributed by atoms with E-state index >= 15 is 0 Å². The van der Waals surface area contributed by atoms with Crippen LogP contribution in [0, 0.1) is 5.92 Å². The zero-order valence-corrected chi connectivity index (χ0v) is 17.4. The van der Waals surface area contributed by atoms with Crippen molar-refractivity contribution in [1.29, 1.82) is 0 Å². The van der Waals surface area contributed by atoms with Crippen molar-refractivity contribution >= 4 is 42.5 Å². The van der Waals surface area contributed by atoms with Gasteiger partial charge < -0.3 is 15.8 Å². The first-order valence-electron chi connectivity index (χ1n) is 8.79. The van der Waals surface area contributed by atoms with E-state index in [-0.39, 0.29) is 55.0 Å². The van der Waals surface area contributed by atoms with E-state index < -0.39 is 5.97 Å². The number of esters is 1. The van der Waals surface area contributed by atoms with Crippen molar-refractivity contribution < 1.29 is 14.3 Å². The molecule has 1 aliphatic heterocycles. The molecule has 0 fully saturated rings. The molecule has 10 heteroatoms. The molecular weight excluding hydrogens is 405 g/mol. The molecule has 2 bridgehead atoms. The minimum absolute atomic E-state index is 0. The van der Waals surface area contributed by atoms with E-state index in [4.69, 9.17) is 10.5 Å². The standard InChI is InChI=1S/C18H23N5O3.2ClH/c1-3-26-18(25)15-10-16-21-17(24)11(2)5-4-6-13(19)14-9-12(7-8-20-14)23(16)22-15;;/h7-11,13H,3-6,19H2,1-2H3,(H,21,24);2*1H/t11-,13+;;/m1../s1. The van der Waals surface area contributed by atoms with Gasteiger partial charge in [-0.05, 0) is 31.9 Å². The molecule has 2 atom stereocenters. The van der Waals surface area contributed by atoms with Gasteiger partial charge >= 0.3 is 5.97 Å². The van der Waals surface area contributed by atoms with Crippen LogP contribution in [0.5, 0.6) is 0 Å². The van der Waals surface area contributed by atoms with Crippen LogP contribution < -0.4 is 11.1 Å². The van der Waals surface area contributed by atoms with Crippen LogP contribution in [0.2, 0.25) is 0 Å². The second-order valence-electron chi connectivity index (χ2n) is 6.41. The topological polar surface area (TPSA) is 112 Å². The number of ether oxygens (including phenoxy) is 1. The summed E-state index contributed by atoms with van der Waals surface area (Å²) >= 11 is 0. The molecule has 0 saturated heterocycles. The largest absolute Gasteiger partial charge is 0.461 e. The Balaban J connectivity index is 0.00000196. The Hall–Kier alpha value is -2.16. The molecule has 0 spiro atoms. The summed E-state index contributed by atoms with van der Waals surface area (Å²) in [5.41, 5.74) is 7.80. The highest BCUT2D eigenvalue weighted by Crippen LogP contribution is 2.24. The molecule has 154 valence electrons. The number of carbonyl (C=O) groups is 2. The third-order valence-electron chi connectivity index (χ3n) is 4.43. The number of anilines is 1. The molecule has 0 aliphatic carbocycles. The number of carbonyl (C=O) groups excluding carboxylic acids is 2. The zero-order valence-electron chi connectivity index (χ0n) is 15.8. The summed E-state index contributed by atoms with van der Waals surface area (Å²) in [6, 6.07) is 4.89. The third kappa shape index (κ3) is 5.21. The van der Waals surface area contributed by atoms with Crippen molar-refractivity contribution in [1.82, 2.24) is 14.8 Å². The number of halogens is 2. The third-order valence-corrected chi connectivity index (χ3v) is 4.43. The molecule has 0 aromatic carbocycles. The average Bonchev–Trinajstić information content (AvgIpc) is 3.05. The monoisotopic (exact) mass is 429 g/mol. The quantitative estimate of drug-likeness (QED) is 0.709. The van der Waals surface area contributed by atoms with Gasteiger partial charge in [-0.1, -0.05) is 13.3 Å². The summed E-state index contributed by atoms with van der Waals surface area (Å²) in [7, 11) is 0. The molecule has 1 aliphatic rings. The summed E-state index contributed by atoms with van der Waals surface area (Å²) in [5, 5.41) is 7.18. The number of hydrogen-bond donors (Lipinski definition) is 2. The number of hydrogen-bond acceptors (Lipinski definition) is 6. The normalized spacial score (nSPS) is 18.9. The van der Waals surface area contributed by atoms with Gasteiger partial charge in [0.2, 0.25) is 5.91 Å². The molecule has 3 N–H and O–H groups in total. The minimum Gasteiger partial charge on any atom is -0.461 e. The summed E-state index contributed by atoms with van der Waals surface area (Å²) in [6.45, 7) is 3.85. The SMILES string of the molecule is CCOC(=O)c1cc2n(n1)-c1ccnc(c1)[C@@H](N)CCC[C@@H](C)C(=O)N2.Cl.Cl. The maximum Gasteiger partial charge on any atom is 0.358 e. The Labute approximate surface area is 176 Å². The summed E-state index contributed by atoms with van der Waals surface area (Å²) in [5.74, 6) is -0.423. The first-order valence-corrected chi connectivity index (χ1v) is 8.79. The molecule has 1 amide bonds. The van der Waals surface area contributed by atoms with Crippen LogP contribution in [0.1, 0.15) is 55.3 Å². The Kier molecular flexibility index (Phi) is 8.87. The van der Waals surface area contributed by atoms with Gasteiger partial charge in [0.1, 0.15) is 5.82 Å². The van der Waals surface area contributed by atoms with Crippen LogP contribution in [0.4, 0.5) is 5.82 Å². The molecule has 3 heterocycles. The summed E-state index contributed by atoms with van der Waals surface area (Å²) in [4.78, 5) is 28.9. The Bertz CT molecular complexity index is 827. The lowest BCUT2D eigenvalue weighted by atomic mass is 9.99. The fourth-order valence-electron chi connectivity index (χ4n) is 2.92. The fraction of sp³-hybridized carbons (Fsp3) is 0.444. The van der Waals surface area contributed by atoms with Crippen molar-refractivity contribution in [2.75, 3.05) is 11.9 Å². The lowest BCUT2D eigenvalue weighted by molar-refractivity contribution is -0.119. The predicted molar refractivity (Wildman–Crippen MR) is 110 cm³/mol. The van der Waals surface area contributed by atoms with Gasteiger partial charge in [0, 0.05) is 24.2 Å². The van der Waals surface area contributed by atoms with Gasteiger partial charge in [-0.2, -0.15) is 5.10 Å². The van der Waals surface area contributed by atoms with E-state index in [2.05, 4.69) is 15.4 Å². The number of rotatable bonds is 2. The highest BCUT2D eigenvalue weighted by Gasteiger charge is 2.22. The first-order chi connectivity index (χ1) is 12.5. The molecular formula is C18H25Cl2N5O3. The number of nitrogens with one attached hydrogen (secondary N) is 1. The number of fused-ring (bicyclic) bond motifs is 4. The second kappa shape index (κ2) is 10.4. The van der Waals surface area contributed by atoms with E-state index in [1.807, 2.05) is 13.0 Å². The van der Waals surface area contributed by atoms with E-state index in [0.717, 1.165) is 25.0 Å². The van der Waals surface area contributed by atoms with Crippen LogP contribution in [0.15, 0.2) is 24.4 Å². The summed E-state index contributed by atoms with van der Waals surface area (Å²) in [6.07, 6.45) is 3.94. The highest BCUT2D eigenvalue weighted by atomic mass is 35.5. The van der Waals surface area contributed by atoms with E-state index in [9.17, 15) is 9.59 Å². The molecule has 8 nitrogen and oxygen atoms in total. The van der Waals surface area contributed by atoms with Crippen LogP contribution >= 0.6 is 24.8 Å². The molecule has 0 radical (unpaired) electrons. The van der Waals surface area contributed by atoms with Crippen LogP contribution in [0.25, 0.3) is 5.69 Å². The summed E-state index contributed by atoms with van der Waals surface area (Å²) < 4.78 is 6.53. The van der Waals surface area contributed by atoms with E-state index in [0.29, 0.717) is 11.5 Å². The highest BCUT2D eigenvalue weighted by molar-refractivity contribution is 5.94. The second-order valence-corrected chi connectivity index (χ2v) is 6.41. The Morgan fingerprint density at radius 2 is 2.11 bits per heavy atom. The number of pyridine rings is 1. The Morgan fingerprint density at radius 1 is 1.36 bits per heavy atom. The molecule has 28 heavy (non-hydrogen) atoms. The molecule has 3 rings (SSSR count). The lowest BCUT2D eigenvalue weighted by Crippen LogP contribution is -2.23. The van der Waals surface area contributed by atoms with Gasteiger partial charge in [0.05, 0.1) is 18.0 Å². The van der Waals surface area contributed by atoms with Gasteiger partial charge in [-0.25, -0.2) is 9.48 Å². The molecule has 0 unspecified atom stereocenters. The maximum atomic E-state index is 12.5. The van der Waals surface area contributed by atoms with Crippen molar-refractivity contribution in [3.8, 4) is 5.69 Å².